The van der Waals surface area contributed by atoms with Crippen molar-refractivity contribution in [3.63, 3.8) is 0 Å². The SMILES string of the molecule is CNCCc1nc(C(=O)NC)no1. The summed E-state index contributed by atoms with van der Waals surface area (Å²) in [7, 11) is 3.35. The summed E-state index contributed by atoms with van der Waals surface area (Å²) in [6.07, 6.45) is 0.625. The van der Waals surface area contributed by atoms with Crippen molar-refractivity contribution < 1.29 is 9.32 Å². The maximum absolute atomic E-state index is 11.0. The highest BCUT2D eigenvalue weighted by molar-refractivity contribution is 5.89. The summed E-state index contributed by atoms with van der Waals surface area (Å²) in [4.78, 5) is 14.9. The summed E-state index contributed by atoms with van der Waals surface area (Å²) in [6, 6.07) is 0. The molecule has 1 rings (SSSR count). The Hall–Kier alpha value is -1.43. The third-order valence-electron chi connectivity index (χ3n) is 1.49. The molecule has 0 radical (unpaired) electrons. The molecular weight excluding hydrogens is 172 g/mol. The van der Waals surface area contributed by atoms with Crippen LogP contribution in [0.4, 0.5) is 0 Å². The Bertz CT molecular complexity index is 284. The quantitative estimate of drug-likeness (QED) is 0.639. The van der Waals surface area contributed by atoms with E-state index >= 15 is 0 Å². The van der Waals surface area contributed by atoms with Gasteiger partial charge in [0.1, 0.15) is 0 Å². The Morgan fingerprint density at radius 2 is 2.31 bits per heavy atom. The van der Waals surface area contributed by atoms with Crippen LogP contribution < -0.4 is 10.6 Å². The second kappa shape index (κ2) is 4.56. The fraction of sp³-hybridized carbons (Fsp3) is 0.571. The molecule has 0 saturated heterocycles. The average molecular weight is 184 g/mol. The van der Waals surface area contributed by atoms with Crippen LogP contribution in [-0.2, 0) is 6.42 Å². The molecule has 0 unspecified atom stereocenters. The number of likely N-dealkylation sites (N-methyl/N-ethyl adjacent to an activating group) is 1. The van der Waals surface area contributed by atoms with Crippen molar-refractivity contribution in [1.82, 2.24) is 20.8 Å². The summed E-state index contributed by atoms with van der Waals surface area (Å²) < 4.78 is 4.83. The lowest BCUT2D eigenvalue weighted by Crippen LogP contribution is -2.19. The van der Waals surface area contributed by atoms with E-state index in [-0.39, 0.29) is 11.7 Å². The van der Waals surface area contributed by atoms with Crippen LogP contribution in [0, 0.1) is 0 Å². The first-order valence-electron chi connectivity index (χ1n) is 3.97. The number of carbonyl (C=O) groups is 1. The normalized spacial score (nSPS) is 10.0. The Kier molecular flexibility index (Phi) is 3.39. The smallest absolute Gasteiger partial charge is 0.292 e. The van der Waals surface area contributed by atoms with Gasteiger partial charge in [-0.3, -0.25) is 4.79 Å². The number of amides is 1. The van der Waals surface area contributed by atoms with E-state index in [2.05, 4.69) is 20.8 Å². The highest BCUT2D eigenvalue weighted by Gasteiger charge is 2.11. The first kappa shape index (κ1) is 9.66. The fourth-order valence-electron chi connectivity index (χ4n) is 0.792. The number of carbonyl (C=O) groups excluding carboxylic acids is 1. The number of hydrogen-bond acceptors (Lipinski definition) is 5. The molecule has 0 aromatic carbocycles. The van der Waals surface area contributed by atoms with Crippen LogP contribution in [0.5, 0.6) is 0 Å². The van der Waals surface area contributed by atoms with E-state index in [4.69, 9.17) is 4.52 Å². The lowest BCUT2D eigenvalue weighted by molar-refractivity contribution is 0.0950. The molecule has 1 amide bonds. The zero-order valence-electron chi connectivity index (χ0n) is 7.63. The van der Waals surface area contributed by atoms with E-state index in [0.717, 1.165) is 6.54 Å². The average Bonchev–Trinajstić information content (AvgIpc) is 2.62. The summed E-state index contributed by atoms with van der Waals surface area (Å²) in [5, 5.41) is 8.87. The number of rotatable bonds is 4. The molecule has 0 fully saturated rings. The minimum absolute atomic E-state index is 0.0774. The van der Waals surface area contributed by atoms with Crippen molar-refractivity contribution >= 4 is 5.91 Å². The maximum atomic E-state index is 11.0. The van der Waals surface area contributed by atoms with E-state index in [1.807, 2.05) is 7.05 Å². The second-order valence-corrected chi connectivity index (χ2v) is 2.44. The zero-order valence-corrected chi connectivity index (χ0v) is 7.63. The van der Waals surface area contributed by atoms with Crippen LogP contribution in [0.3, 0.4) is 0 Å². The largest absolute Gasteiger partial charge is 0.352 e. The van der Waals surface area contributed by atoms with Crippen LogP contribution >= 0.6 is 0 Å². The lowest BCUT2D eigenvalue weighted by Gasteiger charge is -1.90. The van der Waals surface area contributed by atoms with Crippen molar-refractivity contribution in [3.05, 3.63) is 11.7 Å². The van der Waals surface area contributed by atoms with Crippen LogP contribution in [-0.4, -0.2) is 36.7 Å². The van der Waals surface area contributed by atoms with E-state index in [1.54, 1.807) is 0 Å². The van der Waals surface area contributed by atoms with Gasteiger partial charge in [0, 0.05) is 20.0 Å². The molecular formula is C7H12N4O2. The lowest BCUT2D eigenvalue weighted by atomic mass is 10.4. The van der Waals surface area contributed by atoms with Gasteiger partial charge in [0.2, 0.25) is 5.89 Å². The molecule has 72 valence electrons. The Balaban J connectivity index is 2.58. The van der Waals surface area contributed by atoms with E-state index < -0.39 is 0 Å². The predicted octanol–water partition coefficient (Wildman–Crippen LogP) is -0.809. The molecule has 1 aromatic rings. The number of hydrogen-bond donors (Lipinski definition) is 2. The summed E-state index contributed by atoms with van der Waals surface area (Å²) in [6.45, 7) is 0.745. The minimum Gasteiger partial charge on any atom is -0.352 e. The maximum Gasteiger partial charge on any atom is 0.292 e. The monoisotopic (exact) mass is 184 g/mol. The zero-order chi connectivity index (χ0) is 9.68. The Morgan fingerprint density at radius 1 is 1.54 bits per heavy atom. The van der Waals surface area contributed by atoms with Crippen molar-refractivity contribution in [2.24, 2.45) is 0 Å². The highest BCUT2D eigenvalue weighted by atomic mass is 16.5. The predicted molar refractivity (Wildman–Crippen MR) is 45.3 cm³/mol. The van der Waals surface area contributed by atoms with Gasteiger partial charge >= 0.3 is 0 Å². The van der Waals surface area contributed by atoms with Crippen LogP contribution in [0.15, 0.2) is 4.52 Å². The fourth-order valence-corrected chi connectivity index (χ4v) is 0.792. The Morgan fingerprint density at radius 3 is 2.92 bits per heavy atom. The molecule has 0 aliphatic rings. The van der Waals surface area contributed by atoms with Crippen molar-refractivity contribution in [2.75, 3.05) is 20.6 Å². The number of nitrogens with one attached hydrogen (secondary N) is 2. The first-order valence-corrected chi connectivity index (χ1v) is 3.97. The van der Waals surface area contributed by atoms with Crippen molar-refractivity contribution in [2.45, 2.75) is 6.42 Å². The van der Waals surface area contributed by atoms with Gasteiger partial charge in [0.05, 0.1) is 0 Å². The summed E-state index contributed by atoms with van der Waals surface area (Å²) in [5.41, 5.74) is 0. The molecule has 0 saturated carbocycles. The van der Waals surface area contributed by atoms with Gasteiger partial charge in [-0.1, -0.05) is 5.16 Å². The van der Waals surface area contributed by atoms with Crippen molar-refractivity contribution in [1.29, 1.82) is 0 Å². The van der Waals surface area contributed by atoms with Gasteiger partial charge in [-0.2, -0.15) is 4.98 Å². The molecule has 13 heavy (non-hydrogen) atoms. The third-order valence-corrected chi connectivity index (χ3v) is 1.49. The van der Waals surface area contributed by atoms with Crippen LogP contribution in [0.1, 0.15) is 16.5 Å². The molecule has 2 N–H and O–H groups in total. The van der Waals surface area contributed by atoms with E-state index in [9.17, 15) is 4.79 Å². The molecule has 1 aromatic heterocycles. The van der Waals surface area contributed by atoms with Gasteiger partial charge in [0.15, 0.2) is 0 Å². The third kappa shape index (κ3) is 2.51. The highest BCUT2D eigenvalue weighted by Crippen LogP contribution is 1.97. The topological polar surface area (TPSA) is 80.0 Å². The molecule has 0 atom stereocenters. The van der Waals surface area contributed by atoms with Gasteiger partial charge in [-0.15, -0.1) is 0 Å². The van der Waals surface area contributed by atoms with E-state index in [0.29, 0.717) is 12.3 Å². The molecule has 6 nitrogen and oxygen atoms in total. The molecule has 0 aliphatic carbocycles. The second-order valence-electron chi connectivity index (χ2n) is 2.44. The van der Waals surface area contributed by atoms with Crippen molar-refractivity contribution in [3.8, 4) is 0 Å². The minimum atomic E-state index is -0.334. The van der Waals surface area contributed by atoms with E-state index in [1.165, 1.54) is 7.05 Å². The molecule has 1 heterocycles. The molecule has 0 aliphatic heterocycles. The molecule has 0 bridgehead atoms. The molecule has 0 spiro atoms. The summed E-state index contributed by atoms with van der Waals surface area (Å²) >= 11 is 0. The van der Waals surface area contributed by atoms with Gasteiger partial charge in [-0.25, -0.2) is 0 Å². The summed E-state index contributed by atoms with van der Waals surface area (Å²) in [5.74, 6) is 0.209. The Labute approximate surface area is 75.7 Å². The number of aromatic nitrogens is 2. The van der Waals surface area contributed by atoms with Gasteiger partial charge in [-0.05, 0) is 7.05 Å². The van der Waals surface area contributed by atoms with Gasteiger partial charge in [0.25, 0.3) is 11.7 Å². The first-order chi connectivity index (χ1) is 6.27. The standard InChI is InChI=1S/C7H12N4O2/c1-8-4-3-5-10-6(11-13-5)7(12)9-2/h8H,3-4H2,1-2H3,(H,9,12). The van der Waals surface area contributed by atoms with Crippen LogP contribution in [0.2, 0.25) is 0 Å². The van der Waals surface area contributed by atoms with Crippen LogP contribution in [0.25, 0.3) is 0 Å². The van der Waals surface area contributed by atoms with Gasteiger partial charge < -0.3 is 15.2 Å². The molecule has 6 heteroatoms. The number of nitrogens with zero attached hydrogens (tertiary/aromatic N) is 2.